The van der Waals surface area contributed by atoms with E-state index >= 15 is 0 Å². The molecule has 0 saturated heterocycles. The molecule has 3 heteroatoms. The highest BCUT2D eigenvalue weighted by molar-refractivity contribution is 6.10. The summed E-state index contributed by atoms with van der Waals surface area (Å²) in [5, 5.41) is 2.23. The molecule has 9 aromatic carbocycles. The van der Waals surface area contributed by atoms with Crippen molar-refractivity contribution in [3.8, 4) is 22.3 Å². The third-order valence-electron chi connectivity index (χ3n) is 13.3. The lowest BCUT2D eigenvalue weighted by Crippen LogP contribution is -2.26. The summed E-state index contributed by atoms with van der Waals surface area (Å²) >= 11 is 0. The van der Waals surface area contributed by atoms with E-state index in [1.54, 1.807) is 0 Å². The van der Waals surface area contributed by atoms with E-state index in [4.69, 9.17) is 4.42 Å². The van der Waals surface area contributed by atoms with Gasteiger partial charge in [-0.25, -0.2) is 0 Å². The average molecular weight is 797 g/mol. The zero-order valence-electron chi connectivity index (χ0n) is 35.3. The Labute approximate surface area is 362 Å². The van der Waals surface area contributed by atoms with Crippen LogP contribution in [0.1, 0.15) is 44.5 Å². The van der Waals surface area contributed by atoms with Crippen LogP contribution in [-0.4, -0.2) is 0 Å². The van der Waals surface area contributed by atoms with Gasteiger partial charge < -0.3 is 14.2 Å². The Hall–Kier alpha value is -7.62. The van der Waals surface area contributed by atoms with Gasteiger partial charge in [0.05, 0.1) is 5.41 Å². The van der Waals surface area contributed by atoms with Crippen LogP contribution >= 0.6 is 0 Å². The second-order valence-electron chi connectivity index (χ2n) is 17.3. The molecule has 296 valence electrons. The predicted molar refractivity (Wildman–Crippen MR) is 258 cm³/mol. The monoisotopic (exact) mass is 796 g/mol. The standard InChI is InChI=1S/C59H44N2O/c1-37-13-21-41(22-14-37)60(42-23-15-38(2)16-24-42)45-29-31-49-51-36-58-52(35-56(51)59(55(49)33-45)53-11-7-5-9-47(53)48-10-6-8-12-54(48)59)50-32-30-46(34-57(50)62-58)61(43-25-17-39(3)18-26-43)44-27-19-40(4)20-28-44/h5-36H,1-4H3. The minimum atomic E-state index is -0.536. The van der Waals surface area contributed by atoms with Gasteiger partial charge in [-0.15, -0.1) is 0 Å². The molecule has 0 amide bonds. The first-order valence-electron chi connectivity index (χ1n) is 21.6. The summed E-state index contributed by atoms with van der Waals surface area (Å²) in [4.78, 5) is 4.72. The highest BCUT2D eigenvalue weighted by Crippen LogP contribution is 2.64. The van der Waals surface area contributed by atoms with Gasteiger partial charge in [-0.2, -0.15) is 0 Å². The fourth-order valence-electron chi connectivity index (χ4n) is 10.3. The van der Waals surface area contributed by atoms with E-state index in [1.165, 1.54) is 66.8 Å². The van der Waals surface area contributed by atoms with Crippen LogP contribution in [0.25, 0.3) is 44.2 Å². The van der Waals surface area contributed by atoms with E-state index in [1.807, 2.05) is 0 Å². The van der Waals surface area contributed by atoms with Gasteiger partial charge in [0.1, 0.15) is 11.2 Å². The Bertz CT molecular complexity index is 3240. The van der Waals surface area contributed by atoms with Crippen molar-refractivity contribution in [2.45, 2.75) is 33.1 Å². The lowest BCUT2D eigenvalue weighted by molar-refractivity contribution is 0.669. The fourth-order valence-corrected chi connectivity index (χ4v) is 10.3. The summed E-state index contributed by atoms with van der Waals surface area (Å²) < 4.78 is 6.95. The Morgan fingerprint density at radius 1 is 0.306 bits per heavy atom. The number of benzene rings is 9. The van der Waals surface area contributed by atoms with E-state index < -0.39 is 5.41 Å². The van der Waals surface area contributed by atoms with E-state index in [-0.39, 0.29) is 0 Å². The van der Waals surface area contributed by atoms with Crippen LogP contribution in [-0.2, 0) is 5.41 Å². The number of hydrogen-bond donors (Lipinski definition) is 0. The number of nitrogens with zero attached hydrogens (tertiary/aromatic N) is 2. The molecule has 0 bridgehead atoms. The number of rotatable bonds is 6. The maximum atomic E-state index is 6.95. The van der Waals surface area contributed by atoms with Crippen LogP contribution in [0.4, 0.5) is 34.1 Å². The molecule has 2 aliphatic carbocycles. The minimum absolute atomic E-state index is 0.536. The third-order valence-corrected chi connectivity index (χ3v) is 13.3. The average Bonchev–Trinajstić information content (AvgIpc) is 3.91. The van der Waals surface area contributed by atoms with Crippen LogP contribution < -0.4 is 9.80 Å². The molecular formula is C59H44N2O. The quantitative estimate of drug-likeness (QED) is 0.167. The van der Waals surface area contributed by atoms with Crippen molar-refractivity contribution >= 4 is 56.1 Å². The minimum Gasteiger partial charge on any atom is -0.456 e. The van der Waals surface area contributed by atoms with Crippen molar-refractivity contribution in [3.63, 3.8) is 0 Å². The van der Waals surface area contributed by atoms with Gasteiger partial charge in [-0.05, 0) is 157 Å². The molecule has 10 aromatic rings. The van der Waals surface area contributed by atoms with E-state index in [9.17, 15) is 0 Å². The summed E-state index contributed by atoms with van der Waals surface area (Å²) in [6.45, 7) is 8.56. The smallest absolute Gasteiger partial charge is 0.137 e. The van der Waals surface area contributed by atoms with Crippen LogP contribution in [0.15, 0.2) is 199 Å². The lowest BCUT2D eigenvalue weighted by atomic mass is 9.70. The molecule has 0 N–H and O–H groups in total. The molecular weight excluding hydrogens is 753 g/mol. The Balaban J connectivity index is 1.09. The number of fused-ring (bicyclic) bond motifs is 13. The van der Waals surface area contributed by atoms with Crippen molar-refractivity contribution in [1.29, 1.82) is 0 Å². The first-order chi connectivity index (χ1) is 30.3. The van der Waals surface area contributed by atoms with Gasteiger partial charge in [-0.1, -0.05) is 125 Å². The predicted octanol–water partition coefficient (Wildman–Crippen LogP) is 16.1. The first kappa shape index (κ1) is 36.2. The molecule has 1 heterocycles. The number of hydrogen-bond acceptors (Lipinski definition) is 3. The maximum Gasteiger partial charge on any atom is 0.137 e. The lowest BCUT2D eigenvalue weighted by Gasteiger charge is -2.32. The molecule has 2 aliphatic rings. The van der Waals surface area contributed by atoms with Crippen molar-refractivity contribution < 1.29 is 4.42 Å². The van der Waals surface area contributed by atoms with Gasteiger partial charge in [0.2, 0.25) is 0 Å². The molecule has 3 nitrogen and oxygen atoms in total. The molecule has 0 radical (unpaired) electrons. The topological polar surface area (TPSA) is 19.6 Å². The van der Waals surface area contributed by atoms with Gasteiger partial charge in [0, 0.05) is 51.0 Å². The zero-order chi connectivity index (χ0) is 41.7. The van der Waals surface area contributed by atoms with E-state index in [2.05, 4.69) is 232 Å². The Morgan fingerprint density at radius 3 is 1.19 bits per heavy atom. The van der Waals surface area contributed by atoms with Gasteiger partial charge >= 0.3 is 0 Å². The van der Waals surface area contributed by atoms with Gasteiger partial charge in [-0.3, -0.25) is 0 Å². The van der Waals surface area contributed by atoms with Crippen molar-refractivity contribution in [2.24, 2.45) is 0 Å². The van der Waals surface area contributed by atoms with Gasteiger partial charge in [0.25, 0.3) is 0 Å². The van der Waals surface area contributed by atoms with E-state index in [0.29, 0.717) is 0 Å². The molecule has 1 aromatic heterocycles. The van der Waals surface area contributed by atoms with Crippen LogP contribution in [0.3, 0.4) is 0 Å². The van der Waals surface area contributed by atoms with Crippen molar-refractivity contribution in [3.05, 3.63) is 239 Å². The number of furan rings is 1. The zero-order valence-corrected chi connectivity index (χ0v) is 35.3. The third kappa shape index (κ3) is 5.38. The van der Waals surface area contributed by atoms with Crippen LogP contribution in [0.5, 0.6) is 0 Å². The molecule has 0 unspecified atom stereocenters. The first-order valence-corrected chi connectivity index (χ1v) is 21.6. The highest BCUT2D eigenvalue weighted by atomic mass is 16.3. The summed E-state index contributed by atoms with van der Waals surface area (Å²) in [5.41, 5.74) is 23.0. The summed E-state index contributed by atoms with van der Waals surface area (Å²) in [6, 6.07) is 71.9. The SMILES string of the molecule is Cc1ccc(N(c2ccc(C)cc2)c2ccc3c(c2)C2(c4ccccc4-c4ccccc42)c2cc4c(cc2-3)oc2cc(N(c3ccc(C)cc3)c3ccc(C)cc3)ccc24)cc1. The second-order valence-corrected chi connectivity index (χ2v) is 17.3. The van der Waals surface area contributed by atoms with Crippen molar-refractivity contribution in [2.75, 3.05) is 9.80 Å². The second kappa shape index (κ2) is 13.7. The maximum absolute atomic E-state index is 6.95. The number of aryl methyl sites for hydroxylation is 4. The highest BCUT2D eigenvalue weighted by Gasteiger charge is 2.52. The molecule has 1 spiro atoms. The molecule has 62 heavy (non-hydrogen) atoms. The molecule has 0 saturated carbocycles. The summed E-state index contributed by atoms with van der Waals surface area (Å²) in [5.74, 6) is 0. The molecule has 12 rings (SSSR count). The Morgan fingerprint density at radius 2 is 0.694 bits per heavy atom. The van der Waals surface area contributed by atoms with Crippen LogP contribution in [0, 0.1) is 27.7 Å². The van der Waals surface area contributed by atoms with Gasteiger partial charge in [0.15, 0.2) is 0 Å². The summed E-state index contributed by atoms with van der Waals surface area (Å²) in [6.07, 6.45) is 0. The molecule has 0 fully saturated rings. The normalized spacial score (nSPS) is 13.0. The van der Waals surface area contributed by atoms with E-state index in [0.717, 1.165) is 56.1 Å². The fraction of sp³-hybridized carbons (Fsp3) is 0.0847. The summed E-state index contributed by atoms with van der Waals surface area (Å²) in [7, 11) is 0. The number of anilines is 6. The van der Waals surface area contributed by atoms with Crippen LogP contribution in [0.2, 0.25) is 0 Å². The molecule has 0 aliphatic heterocycles. The Kier molecular flexibility index (Phi) is 8.01. The molecule has 0 atom stereocenters. The van der Waals surface area contributed by atoms with Crippen molar-refractivity contribution in [1.82, 2.24) is 0 Å². The largest absolute Gasteiger partial charge is 0.456 e.